The van der Waals surface area contributed by atoms with E-state index < -0.39 is 24.0 Å². The Labute approximate surface area is 108 Å². The van der Waals surface area contributed by atoms with Crippen LogP contribution >= 0.6 is 0 Å². The smallest absolute Gasteiger partial charge is 0.422 e. The molecule has 0 radical (unpaired) electrons. The number of hydrogen-bond acceptors (Lipinski definition) is 3. The SMILES string of the molecule is C#CC(CC)C(=O)Oc1ccccc1OC(F)(F)F. The van der Waals surface area contributed by atoms with Crippen molar-refractivity contribution in [1.29, 1.82) is 0 Å². The summed E-state index contributed by atoms with van der Waals surface area (Å²) in [5.41, 5.74) is 0. The van der Waals surface area contributed by atoms with Gasteiger partial charge in [-0.05, 0) is 18.6 Å². The summed E-state index contributed by atoms with van der Waals surface area (Å²) >= 11 is 0. The van der Waals surface area contributed by atoms with Crippen molar-refractivity contribution in [2.45, 2.75) is 19.7 Å². The number of para-hydroxylation sites is 2. The monoisotopic (exact) mass is 272 g/mol. The highest BCUT2D eigenvalue weighted by Gasteiger charge is 2.32. The van der Waals surface area contributed by atoms with E-state index in [1.807, 2.05) is 0 Å². The topological polar surface area (TPSA) is 35.5 Å². The van der Waals surface area contributed by atoms with Gasteiger partial charge in [0.25, 0.3) is 0 Å². The van der Waals surface area contributed by atoms with Gasteiger partial charge in [0.05, 0.1) is 0 Å². The molecule has 0 spiro atoms. The van der Waals surface area contributed by atoms with E-state index >= 15 is 0 Å². The molecule has 1 atom stereocenters. The molecule has 1 aromatic carbocycles. The van der Waals surface area contributed by atoms with Gasteiger partial charge in [-0.2, -0.15) is 0 Å². The lowest BCUT2D eigenvalue weighted by molar-refractivity contribution is -0.275. The molecule has 1 aromatic rings. The molecule has 0 N–H and O–H groups in total. The summed E-state index contributed by atoms with van der Waals surface area (Å²) in [4.78, 5) is 11.6. The fraction of sp³-hybridized carbons (Fsp3) is 0.308. The first-order chi connectivity index (χ1) is 8.87. The first-order valence-electron chi connectivity index (χ1n) is 5.40. The minimum absolute atomic E-state index is 0.321. The van der Waals surface area contributed by atoms with E-state index in [0.717, 1.165) is 6.07 Å². The van der Waals surface area contributed by atoms with E-state index in [4.69, 9.17) is 11.2 Å². The molecule has 102 valence electrons. The normalized spacial score (nSPS) is 12.4. The summed E-state index contributed by atoms with van der Waals surface area (Å²) in [5.74, 6) is -0.302. The first-order valence-corrected chi connectivity index (χ1v) is 5.40. The summed E-state index contributed by atoms with van der Waals surface area (Å²) in [7, 11) is 0. The van der Waals surface area contributed by atoms with Crippen molar-refractivity contribution in [3.05, 3.63) is 24.3 Å². The third-order valence-corrected chi connectivity index (χ3v) is 2.18. The fourth-order valence-corrected chi connectivity index (χ4v) is 1.28. The predicted octanol–water partition coefficient (Wildman–Crippen LogP) is 3.15. The van der Waals surface area contributed by atoms with Gasteiger partial charge >= 0.3 is 12.3 Å². The Morgan fingerprint density at radius 2 is 1.95 bits per heavy atom. The van der Waals surface area contributed by atoms with Crippen LogP contribution < -0.4 is 9.47 Å². The molecule has 1 unspecified atom stereocenters. The number of terminal acetylenes is 1. The van der Waals surface area contributed by atoms with Gasteiger partial charge in [0.2, 0.25) is 0 Å². The molecular formula is C13H11F3O3. The average Bonchev–Trinajstić information content (AvgIpc) is 2.31. The summed E-state index contributed by atoms with van der Waals surface area (Å²) in [5, 5.41) is 0. The minimum atomic E-state index is -4.86. The number of esters is 1. The van der Waals surface area contributed by atoms with Crippen molar-refractivity contribution in [2.75, 3.05) is 0 Å². The van der Waals surface area contributed by atoms with Gasteiger partial charge in [0, 0.05) is 0 Å². The van der Waals surface area contributed by atoms with E-state index in [9.17, 15) is 18.0 Å². The van der Waals surface area contributed by atoms with Crippen LogP contribution in [0, 0.1) is 18.3 Å². The zero-order chi connectivity index (χ0) is 14.5. The second-order valence-corrected chi connectivity index (χ2v) is 3.54. The second-order valence-electron chi connectivity index (χ2n) is 3.54. The number of benzene rings is 1. The van der Waals surface area contributed by atoms with Gasteiger partial charge in [0.15, 0.2) is 11.5 Å². The number of alkyl halides is 3. The Bertz CT molecular complexity index is 489. The van der Waals surface area contributed by atoms with Crippen LogP contribution in [-0.4, -0.2) is 12.3 Å². The Hall–Kier alpha value is -2.16. The standard InChI is InChI=1S/C13H11F3O3/c1-3-9(4-2)12(17)18-10-7-5-6-8-11(10)19-13(14,15)16/h1,5-9H,4H2,2H3. The Morgan fingerprint density at radius 3 is 2.42 bits per heavy atom. The van der Waals surface area contributed by atoms with Gasteiger partial charge < -0.3 is 9.47 Å². The molecular weight excluding hydrogens is 261 g/mol. The molecule has 19 heavy (non-hydrogen) atoms. The lowest BCUT2D eigenvalue weighted by Gasteiger charge is -2.14. The van der Waals surface area contributed by atoms with Crippen LogP contribution in [0.4, 0.5) is 13.2 Å². The summed E-state index contributed by atoms with van der Waals surface area (Å²) in [6, 6.07) is 4.99. The maximum atomic E-state index is 12.2. The van der Waals surface area contributed by atoms with Crippen LogP contribution in [0.1, 0.15) is 13.3 Å². The largest absolute Gasteiger partial charge is 0.573 e. The molecule has 0 fully saturated rings. The highest BCUT2D eigenvalue weighted by Crippen LogP contribution is 2.32. The van der Waals surface area contributed by atoms with Crippen molar-refractivity contribution in [1.82, 2.24) is 0 Å². The predicted molar refractivity (Wildman–Crippen MR) is 61.4 cm³/mol. The maximum Gasteiger partial charge on any atom is 0.573 e. The van der Waals surface area contributed by atoms with Crippen molar-refractivity contribution >= 4 is 5.97 Å². The molecule has 0 heterocycles. The van der Waals surface area contributed by atoms with Crippen molar-refractivity contribution < 1.29 is 27.4 Å². The number of ether oxygens (including phenoxy) is 2. The van der Waals surface area contributed by atoms with Gasteiger partial charge in [-0.3, -0.25) is 4.79 Å². The molecule has 0 aliphatic heterocycles. The Morgan fingerprint density at radius 1 is 1.37 bits per heavy atom. The van der Waals surface area contributed by atoms with E-state index in [-0.39, 0.29) is 5.75 Å². The highest BCUT2D eigenvalue weighted by molar-refractivity contribution is 5.78. The molecule has 0 saturated heterocycles. The van der Waals surface area contributed by atoms with Crippen LogP contribution in [0.3, 0.4) is 0 Å². The Kier molecular flexibility index (Phi) is 4.81. The van der Waals surface area contributed by atoms with E-state index in [1.54, 1.807) is 6.92 Å². The highest BCUT2D eigenvalue weighted by atomic mass is 19.4. The summed E-state index contributed by atoms with van der Waals surface area (Å²) in [6.07, 6.45) is 0.584. The molecule has 0 bridgehead atoms. The maximum absolute atomic E-state index is 12.2. The van der Waals surface area contributed by atoms with Crippen LogP contribution in [0.25, 0.3) is 0 Å². The molecule has 0 amide bonds. The molecule has 3 nitrogen and oxygen atoms in total. The first kappa shape index (κ1) is 14.9. The van der Waals surface area contributed by atoms with Crippen LogP contribution in [-0.2, 0) is 4.79 Å². The lowest BCUT2D eigenvalue weighted by Crippen LogP contribution is -2.21. The molecule has 0 saturated carbocycles. The van der Waals surface area contributed by atoms with Gasteiger partial charge in [0.1, 0.15) is 5.92 Å². The zero-order valence-electron chi connectivity index (χ0n) is 10.0. The molecule has 0 aliphatic carbocycles. The third kappa shape index (κ3) is 4.54. The summed E-state index contributed by atoms with van der Waals surface area (Å²) in [6.45, 7) is 1.67. The van der Waals surface area contributed by atoms with Crippen molar-refractivity contribution in [3.63, 3.8) is 0 Å². The van der Waals surface area contributed by atoms with Crippen molar-refractivity contribution in [2.24, 2.45) is 5.92 Å². The average molecular weight is 272 g/mol. The number of hydrogen-bond donors (Lipinski definition) is 0. The molecule has 0 aromatic heterocycles. The molecule has 1 rings (SSSR count). The van der Waals surface area contributed by atoms with Gasteiger partial charge in [-0.1, -0.05) is 25.0 Å². The van der Waals surface area contributed by atoms with Crippen LogP contribution in [0.15, 0.2) is 24.3 Å². The Balaban J connectivity index is 2.90. The van der Waals surface area contributed by atoms with Crippen LogP contribution in [0.5, 0.6) is 11.5 Å². The van der Waals surface area contributed by atoms with E-state index in [0.29, 0.717) is 6.42 Å². The third-order valence-electron chi connectivity index (χ3n) is 2.18. The van der Waals surface area contributed by atoms with E-state index in [1.165, 1.54) is 18.2 Å². The number of rotatable bonds is 4. The summed E-state index contributed by atoms with van der Waals surface area (Å²) < 4.78 is 45.0. The molecule has 0 aliphatic rings. The number of halogens is 3. The van der Waals surface area contributed by atoms with E-state index in [2.05, 4.69) is 10.7 Å². The zero-order valence-corrected chi connectivity index (χ0v) is 10.0. The van der Waals surface area contributed by atoms with Crippen molar-refractivity contribution in [3.8, 4) is 23.8 Å². The minimum Gasteiger partial charge on any atom is -0.422 e. The number of carbonyl (C=O) groups is 1. The second kappa shape index (κ2) is 6.14. The van der Waals surface area contributed by atoms with Gasteiger partial charge in [-0.15, -0.1) is 19.6 Å². The van der Waals surface area contributed by atoms with Gasteiger partial charge in [-0.25, -0.2) is 0 Å². The lowest BCUT2D eigenvalue weighted by atomic mass is 10.1. The fourth-order valence-electron chi connectivity index (χ4n) is 1.28. The molecule has 6 heteroatoms. The van der Waals surface area contributed by atoms with Crippen LogP contribution in [0.2, 0.25) is 0 Å². The quantitative estimate of drug-likeness (QED) is 0.480. The number of carbonyl (C=O) groups excluding carboxylic acids is 1.